The summed E-state index contributed by atoms with van der Waals surface area (Å²) in [5.41, 5.74) is 1.17. The molecule has 2 nitrogen and oxygen atoms in total. The van der Waals surface area contributed by atoms with Gasteiger partial charge in [-0.25, -0.2) is 4.39 Å². The molecule has 19 heavy (non-hydrogen) atoms. The number of thioether (sulfide) groups is 1. The van der Waals surface area contributed by atoms with Crippen LogP contribution in [0.4, 0.5) is 4.39 Å². The third-order valence-electron chi connectivity index (χ3n) is 2.71. The molecular formula is C15H13FO2S. The van der Waals surface area contributed by atoms with E-state index in [-0.39, 0.29) is 17.3 Å². The van der Waals surface area contributed by atoms with Gasteiger partial charge in [0, 0.05) is 21.8 Å². The minimum absolute atomic E-state index is 0.0582. The van der Waals surface area contributed by atoms with E-state index in [4.69, 9.17) is 0 Å². The Hall–Kier alpha value is -1.81. The minimum Gasteiger partial charge on any atom is -0.508 e. The molecule has 0 aromatic heterocycles. The number of carbonyl (C=O) groups is 1. The van der Waals surface area contributed by atoms with Gasteiger partial charge in [0.15, 0.2) is 5.78 Å². The molecule has 0 atom stereocenters. The van der Waals surface area contributed by atoms with Crippen LogP contribution in [0.5, 0.6) is 5.75 Å². The third-order valence-corrected chi connectivity index (χ3v) is 3.80. The molecule has 98 valence electrons. The van der Waals surface area contributed by atoms with E-state index in [1.807, 2.05) is 0 Å². The fourth-order valence-corrected chi connectivity index (χ4v) is 2.56. The van der Waals surface area contributed by atoms with Crippen molar-refractivity contribution in [2.45, 2.75) is 17.6 Å². The lowest BCUT2D eigenvalue weighted by molar-refractivity contribution is 0.101. The van der Waals surface area contributed by atoms with Crippen molar-refractivity contribution < 1.29 is 14.3 Å². The second-order valence-corrected chi connectivity index (χ2v) is 5.14. The Morgan fingerprint density at radius 2 is 2.00 bits per heavy atom. The van der Waals surface area contributed by atoms with E-state index >= 15 is 0 Å². The maximum Gasteiger partial charge on any atom is 0.159 e. The average molecular weight is 276 g/mol. The van der Waals surface area contributed by atoms with E-state index in [1.54, 1.807) is 30.3 Å². The van der Waals surface area contributed by atoms with E-state index in [0.717, 1.165) is 0 Å². The van der Waals surface area contributed by atoms with E-state index in [9.17, 15) is 14.3 Å². The number of halogens is 1. The number of hydrogen-bond acceptors (Lipinski definition) is 3. The lowest BCUT2D eigenvalue weighted by Gasteiger charge is -2.07. The fourth-order valence-electron chi connectivity index (χ4n) is 1.64. The smallest absolute Gasteiger partial charge is 0.159 e. The van der Waals surface area contributed by atoms with Crippen molar-refractivity contribution in [3.63, 3.8) is 0 Å². The van der Waals surface area contributed by atoms with E-state index in [2.05, 4.69) is 0 Å². The first-order valence-corrected chi connectivity index (χ1v) is 6.76. The first-order chi connectivity index (χ1) is 9.08. The van der Waals surface area contributed by atoms with Crippen LogP contribution in [0.1, 0.15) is 22.8 Å². The standard InChI is InChI=1S/C15H13FO2S/c1-10(17)11-6-7-14(18)12(8-11)9-19-15-5-3-2-4-13(15)16/h2-8,18H,9H2,1H3. The molecule has 0 bridgehead atoms. The van der Waals surface area contributed by atoms with Gasteiger partial charge in [-0.05, 0) is 37.3 Å². The Labute approximate surface area is 115 Å². The fraction of sp³-hybridized carbons (Fsp3) is 0.133. The SMILES string of the molecule is CC(=O)c1ccc(O)c(CSc2ccccc2F)c1. The van der Waals surface area contributed by atoms with Crippen LogP contribution in [0.3, 0.4) is 0 Å². The van der Waals surface area contributed by atoms with Crippen molar-refractivity contribution >= 4 is 17.5 Å². The van der Waals surface area contributed by atoms with Crippen molar-refractivity contribution in [2.24, 2.45) is 0 Å². The number of carbonyl (C=O) groups excluding carboxylic acids is 1. The lowest BCUT2D eigenvalue weighted by atomic mass is 10.1. The number of phenols is 1. The highest BCUT2D eigenvalue weighted by molar-refractivity contribution is 7.98. The molecule has 0 saturated carbocycles. The molecule has 1 N–H and O–H groups in total. The molecule has 0 fully saturated rings. The van der Waals surface area contributed by atoms with Crippen LogP contribution in [-0.4, -0.2) is 10.9 Å². The Morgan fingerprint density at radius 1 is 1.26 bits per heavy atom. The summed E-state index contributed by atoms with van der Waals surface area (Å²) in [7, 11) is 0. The summed E-state index contributed by atoms with van der Waals surface area (Å²) in [5, 5.41) is 9.75. The molecule has 2 aromatic rings. The van der Waals surface area contributed by atoms with Crippen LogP contribution in [0.25, 0.3) is 0 Å². The maximum atomic E-state index is 13.5. The highest BCUT2D eigenvalue weighted by atomic mass is 32.2. The zero-order valence-electron chi connectivity index (χ0n) is 10.4. The van der Waals surface area contributed by atoms with Crippen molar-refractivity contribution in [1.29, 1.82) is 0 Å². The number of benzene rings is 2. The van der Waals surface area contributed by atoms with E-state index in [0.29, 0.717) is 21.8 Å². The minimum atomic E-state index is -0.283. The van der Waals surface area contributed by atoms with Crippen LogP contribution in [0.15, 0.2) is 47.4 Å². The van der Waals surface area contributed by atoms with Gasteiger partial charge in [0.05, 0.1) is 0 Å². The summed E-state index contributed by atoms with van der Waals surface area (Å²) in [4.78, 5) is 11.8. The van der Waals surface area contributed by atoms with E-state index < -0.39 is 0 Å². The van der Waals surface area contributed by atoms with Crippen molar-refractivity contribution in [2.75, 3.05) is 0 Å². The number of rotatable bonds is 4. The third kappa shape index (κ3) is 3.35. The van der Waals surface area contributed by atoms with Gasteiger partial charge in [0.25, 0.3) is 0 Å². The molecule has 0 unspecified atom stereocenters. The molecule has 2 rings (SSSR count). The molecule has 0 aliphatic heterocycles. The lowest BCUT2D eigenvalue weighted by Crippen LogP contribution is -1.94. The van der Waals surface area contributed by atoms with Crippen molar-refractivity contribution in [3.05, 3.63) is 59.4 Å². The monoisotopic (exact) mass is 276 g/mol. The summed E-state index contributed by atoms with van der Waals surface area (Å²) in [6, 6.07) is 11.2. The summed E-state index contributed by atoms with van der Waals surface area (Å²) >= 11 is 1.29. The van der Waals surface area contributed by atoms with Gasteiger partial charge in [-0.1, -0.05) is 12.1 Å². The highest BCUT2D eigenvalue weighted by Crippen LogP contribution is 2.29. The van der Waals surface area contributed by atoms with Crippen LogP contribution < -0.4 is 0 Å². The summed E-state index contributed by atoms with van der Waals surface area (Å²) < 4.78 is 13.5. The Kier molecular flexibility index (Phi) is 4.22. The van der Waals surface area contributed by atoms with Gasteiger partial charge in [-0.15, -0.1) is 11.8 Å². The molecule has 0 aliphatic rings. The van der Waals surface area contributed by atoms with E-state index in [1.165, 1.54) is 30.8 Å². The molecule has 0 radical (unpaired) electrons. The quantitative estimate of drug-likeness (QED) is 0.676. The summed E-state index contributed by atoms with van der Waals surface area (Å²) in [6.45, 7) is 1.47. The van der Waals surface area contributed by atoms with Gasteiger partial charge in [0.1, 0.15) is 11.6 Å². The number of Topliss-reactive ketones (excluding diaryl/α,β-unsaturated/α-hetero) is 1. The first kappa shape index (κ1) is 13.6. The molecule has 2 aromatic carbocycles. The summed E-state index contributed by atoms with van der Waals surface area (Å²) in [5.74, 6) is 0.189. The highest BCUT2D eigenvalue weighted by Gasteiger charge is 2.08. The Bertz CT molecular complexity index is 611. The van der Waals surface area contributed by atoms with Gasteiger partial charge in [-0.3, -0.25) is 4.79 Å². The van der Waals surface area contributed by atoms with Crippen molar-refractivity contribution in [3.8, 4) is 5.75 Å². The molecule has 0 heterocycles. The predicted molar refractivity (Wildman–Crippen MR) is 74.1 cm³/mol. The second kappa shape index (κ2) is 5.89. The molecular weight excluding hydrogens is 263 g/mol. The molecule has 0 saturated heterocycles. The van der Waals surface area contributed by atoms with Gasteiger partial charge < -0.3 is 5.11 Å². The first-order valence-electron chi connectivity index (χ1n) is 5.78. The van der Waals surface area contributed by atoms with Gasteiger partial charge in [0.2, 0.25) is 0 Å². The number of hydrogen-bond donors (Lipinski definition) is 1. The zero-order valence-corrected chi connectivity index (χ0v) is 11.2. The Morgan fingerprint density at radius 3 is 2.68 bits per heavy atom. The topological polar surface area (TPSA) is 37.3 Å². The Balaban J connectivity index is 2.17. The molecule has 0 amide bonds. The molecule has 0 spiro atoms. The number of phenolic OH excluding ortho intramolecular Hbond substituents is 1. The maximum absolute atomic E-state index is 13.5. The average Bonchev–Trinajstić information content (AvgIpc) is 2.39. The molecule has 4 heteroatoms. The summed E-state index contributed by atoms with van der Waals surface area (Å²) in [6.07, 6.45) is 0. The van der Waals surface area contributed by atoms with Gasteiger partial charge >= 0.3 is 0 Å². The van der Waals surface area contributed by atoms with Crippen LogP contribution in [0.2, 0.25) is 0 Å². The van der Waals surface area contributed by atoms with Crippen LogP contribution in [-0.2, 0) is 5.75 Å². The van der Waals surface area contributed by atoms with Crippen LogP contribution >= 0.6 is 11.8 Å². The number of aromatic hydroxyl groups is 1. The molecule has 0 aliphatic carbocycles. The predicted octanol–water partition coefficient (Wildman–Crippen LogP) is 4.03. The van der Waals surface area contributed by atoms with Crippen molar-refractivity contribution in [1.82, 2.24) is 0 Å². The largest absolute Gasteiger partial charge is 0.508 e. The normalized spacial score (nSPS) is 10.4. The van der Waals surface area contributed by atoms with Gasteiger partial charge in [-0.2, -0.15) is 0 Å². The second-order valence-electron chi connectivity index (χ2n) is 4.12. The number of ketones is 1. The van der Waals surface area contributed by atoms with Crippen LogP contribution in [0, 0.1) is 5.82 Å². The zero-order chi connectivity index (χ0) is 13.8.